The molecule has 0 aromatic rings. The lowest BCUT2D eigenvalue weighted by Gasteiger charge is -2.25. The van der Waals surface area contributed by atoms with Gasteiger partial charge in [0.25, 0.3) is 0 Å². The third kappa shape index (κ3) is 4.89. The Kier molecular flexibility index (Phi) is 7.64. The Bertz CT molecular complexity index is 264. The third-order valence-corrected chi connectivity index (χ3v) is 4.92. The van der Waals surface area contributed by atoms with Gasteiger partial charge in [0.15, 0.2) is 0 Å². The van der Waals surface area contributed by atoms with Crippen molar-refractivity contribution >= 4 is 7.85 Å². The summed E-state index contributed by atoms with van der Waals surface area (Å²) in [5.41, 5.74) is 1.19. The molecular formula is C17H32BN. The first-order valence-electron chi connectivity index (χ1n) is 8.31. The second-order valence-electron chi connectivity index (χ2n) is 6.23. The van der Waals surface area contributed by atoms with Gasteiger partial charge in [0.1, 0.15) is 0 Å². The Morgan fingerprint density at radius 3 is 2.53 bits per heavy atom. The molecule has 0 heterocycles. The minimum atomic E-state index is 0.439. The van der Waals surface area contributed by atoms with Crippen molar-refractivity contribution in [3.63, 3.8) is 0 Å². The van der Waals surface area contributed by atoms with Crippen LogP contribution < -0.4 is 5.32 Å². The van der Waals surface area contributed by atoms with Crippen molar-refractivity contribution in [2.45, 2.75) is 71.5 Å². The molecule has 0 spiro atoms. The SMILES string of the molecule is [B]C1CC(CC)C(CC)C1CCCNC(=C)CCC. The lowest BCUT2D eigenvalue weighted by atomic mass is 9.74. The first-order chi connectivity index (χ1) is 9.13. The van der Waals surface area contributed by atoms with E-state index in [9.17, 15) is 0 Å². The van der Waals surface area contributed by atoms with Crippen molar-refractivity contribution in [2.24, 2.45) is 17.8 Å². The van der Waals surface area contributed by atoms with Gasteiger partial charge in [0.05, 0.1) is 7.85 Å². The normalized spacial score (nSPS) is 30.5. The van der Waals surface area contributed by atoms with Crippen molar-refractivity contribution in [2.75, 3.05) is 6.54 Å². The summed E-state index contributed by atoms with van der Waals surface area (Å²) in [6, 6.07) is 0. The summed E-state index contributed by atoms with van der Waals surface area (Å²) in [5, 5.41) is 3.45. The molecule has 19 heavy (non-hydrogen) atoms. The molecule has 1 nitrogen and oxygen atoms in total. The molecule has 1 aliphatic carbocycles. The fraction of sp³-hybridized carbons (Fsp3) is 0.882. The average molecular weight is 261 g/mol. The largest absolute Gasteiger partial charge is 0.389 e. The quantitative estimate of drug-likeness (QED) is 0.468. The minimum Gasteiger partial charge on any atom is -0.389 e. The van der Waals surface area contributed by atoms with Crippen molar-refractivity contribution in [3.05, 3.63) is 12.3 Å². The van der Waals surface area contributed by atoms with E-state index >= 15 is 0 Å². The van der Waals surface area contributed by atoms with Crippen LogP contribution in [0.4, 0.5) is 0 Å². The summed E-state index contributed by atoms with van der Waals surface area (Å²) in [7, 11) is 6.36. The molecule has 0 amide bonds. The van der Waals surface area contributed by atoms with Gasteiger partial charge < -0.3 is 5.32 Å². The van der Waals surface area contributed by atoms with Gasteiger partial charge in [-0.1, -0.05) is 58.9 Å². The number of allylic oxidation sites excluding steroid dienone is 1. The standard InChI is InChI=1S/C17H32BN/c1-5-9-13(4)19-11-8-10-16-15(7-3)14(6-2)12-17(16)18/h14-17,19H,4-12H2,1-3H3. The van der Waals surface area contributed by atoms with Crippen molar-refractivity contribution in [1.82, 2.24) is 5.32 Å². The molecule has 0 aromatic heterocycles. The summed E-state index contributed by atoms with van der Waals surface area (Å²) in [5.74, 6) is 2.91. The van der Waals surface area contributed by atoms with Crippen LogP contribution in [0.25, 0.3) is 0 Å². The average Bonchev–Trinajstić information content (AvgIpc) is 2.70. The molecule has 2 heteroatoms. The molecule has 1 N–H and O–H groups in total. The fourth-order valence-corrected chi connectivity index (χ4v) is 3.89. The van der Waals surface area contributed by atoms with E-state index in [4.69, 9.17) is 7.85 Å². The smallest absolute Gasteiger partial charge is 0.0703 e. The highest BCUT2D eigenvalue weighted by Crippen LogP contribution is 2.48. The third-order valence-electron chi connectivity index (χ3n) is 4.92. The Balaban J connectivity index is 2.29. The molecule has 0 bridgehead atoms. The highest BCUT2D eigenvalue weighted by Gasteiger charge is 2.37. The van der Waals surface area contributed by atoms with Gasteiger partial charge in [-0.3, -0.25) is 0 Å². The molecule has 108 valence electrons. The lowest BCUT2D eigenvalue weighted by Crippen LogP contribution is -2.19. The second kappa shape index (κ2) is 8.71. The molecule has 1 aliphatic rings. The van der Waals surface area contributed by atoms with E-state index in [1.54, 1.807) is 0 Å². The van der Waals surface area contributed by atoms with Gasteiger partial charge >= 0.3 is 0 Å². The van der Waals surface area contributed by atoms with Gasteiger partial charge in [-0.15, -0.1) is 0 Å². The zero-order chi connectivity index (χ0) is 14.3. The Morgan fingerprint density at radius 1 is 1.21 bits per heavy atom. The van der Waals surface area contributed by atoms with E-state index < -0.39 is 0 Å². The van der Waals surface area contributed by atoms with E-state index in [2.05, 4.69) is 32.7 Å². The number of rotatable bonds is 9. The number of hydrogen-bond donors (Lipinski definition) is 1. The summed E-state index contributed by atoms with van der Waals surface area (Å²) in [6.07, 6.45) is 8.63. The van der Waals surface area contributed by atoms with Crippen LogP contribution in [-0.2, 0) is 0 Å². The maximum absolute atomic E-state index is 6.36. The monoisotopic (exact) mass is 261 g/mol. The summed E-state index contributed by atoms with van der Waals surface area (Å²) < 4.78 is 0. The Labute approximate surface area is 122 Å². The van der Waals surface area contributed by atoms with Crippen LogP contribution in [0, 0.1) is 17.8 Å². The van der Waals surface area contributed by atoms with Crippen LogP contribution in [0.2, 0.25) is 5.82 Å². The Hall–Kier alpha value is -0.395. The van der Waals surface area contributed by atoms with E-state index in [0.29, 0.717) is 5.82 Å². The van der Waals surface area contributed by atoms with E-state index in [1.807, 2.05) is 0 Å². The van der Waals surface area contributed by atoms with Gasteiger partial charge in [0, 0.05) is 12.2 Å². The molecule has 0 aromatic carbocycles. The van der Waals surface area contributed by atoms with Crippen LogP contribution in [0.15, 0.2) is 12.3 Å². The summed E-state index contributed by atoms with van der Waals surface area (Å²) in [4.78, 5) is 0. The van der Waals surface area contributed by atoms with Gasteiger partial charge in [-0.2, -0.15) is 0 Å². The molecule has 1 rings (SSSR count). The van der Waals surface area contributed by atoms with Crippen LogP contribution in [-0.4, -0.2) is 14.4 Å². The van der Waals surface area contributed by atoms with Gasteiger partial charge in [-0.25, -0.2) is 0 Å². The summed E-state index contributed by atoms with van der Waals surface area (Å²) >= 11 is 0. The molecule has 1 fully saturated rings. The number of hydrogen-bond acceptors (Lipinski definition) is 1. The van der Waals surface area contributed by atoms with Crippen molar-refractivity contribution in [1.29, 1.82) is 0 Å². The molecule has 0 aliphatic heterocycles. The fourth-order valence-electron chi connectivity index (χ4n) is 3.89. The molecule has 1 saturated carbocycles. The van der Waals surface area contributed by atoms with Crippen LogP contribution in [0.3, 0.4) is 0 Å². The van der Waals surface area contributed by atoms with Gasteiger partial charge in [0.2, 0.25) is 0 Å². The molecule has 2 radical (unpaired) electrons. The zero-order valence-corrected chi connectivity index (χ0v) is 13.3. The highest BCUT2D eigenvalue weighted by atomic mass is 14.9. The van der Waals surface area contributed by atoms with Crippen LogP contribution >= 0.6 is 0 Å². The Morgan fingerprint density at radius 2 is 1.95 bits per heavy atom. The van der Waals surface area contributed by atoms with Crippen LogP contribution in [0.1, 0.15) is 65.7 Å². The topological polar surface area (TPSA) is 12.0 Å². The predicted octanol–water partition coefficient (Wildman–Crippen LogP) is 4.70. The highest BCUT2D eigenvalue weighted by molar-refractivity contribution is 6.12. The summed E-state index contributed by atoms with van der Waals surface area (Å²) in [6.45, 7) is 12.0. The predicted molar refractivity (Wildman–Crippen MR) is 86.5 cm³/mol. The van der Waals surface area contributed by atoms with E-state index in [0.717, 1.165) is 30.7 Å². The van der Waals surface area contributed by atoms with E-state index in [1.165, 1.54) is 44.2 Å². The zero-order valence-electron chi connectivity index (χ0n) is 13.3. The minimum absolute atomic E-state index is 0.439. The molecule has 0 saturated heterocycles. The molecular weight excluding hydrogens is 229 g/mol. The maximum Gasteiger partial charge on any atom is 0.0703 e. The van der Waals surface area contributed by atoms with Crippen molar-refractivity contribution < 1.29 is 0 Å². The first kappa shape index (κ1) is 16.7. The van der Waals surface area contributed by atoms with Gasteiger partial charge in [-0.05, 0) is 37.0 Å². The number of nitrogens with one attached hydrogen (secondary N) is 1. The van der Waals surface area contributed by atoms with Crippen molar-refractivity contribution in [3.8, 4) is 0 Å². The lowest BCUT2D eigenvalue weighted by molar-refractivity contribution is 0.279. The van der Waals surface area contributed by atoms with E-state index in [-0.39, 0.29) is 0 Å². The maximum atomic E-state index is 6.36. The van der Waals surface area contributed by atoms with Crippen LogP contribution in [0.5, 0.6) is 0 Å². The molecule has 4 atom stereocenters. The first-order valence-corrected chi connectivity index (χ1v) is 8.31. The second-order valence-corrected chi connectivity index (χ2v) is 6.23. The molecule has 4 unspecified atom stereocenters.